The molecule has 35 heavy (non-hydrogen) atoms. The van der Waals surface area contributed by atoms with Crippen LogP contribution in [0.3, 0.4) is 0 Å². The van der Waals surface area contributed by atoms with Crippen molar-refractivity contribution in [3.8, 4) is 5.69 Å². The van der Waals surface area contributed by atoms with Gasteiger partial charge in [-0.15, -0.1) is 11.3 Å². The van der Waals surface area contributed by atoms with Crippen LogP contribution in [0.15, 0.2) is 77.3 Å². The first-order valence-electron chi connectivity index (χ1n) is 11.3. The number of carbonyl (C=O) groups excluding carboxylic acids is 1. The lowest BCUT2D eigenvalue weighted by atomic mass is 10.0. The molecular weight excluding hydrogens is 458 g/mol. The molecule has 0 radical (unpaired) electrons. The van der Waals surface area contributed by atoms with Gasteiger partial charge in [-0.1, -0.05) is 42.0 Å². The zero-order chi connectivity index (χ0) is 24.5. The van der Waals surface area contributed by atoms with E-state index in [1.807, 2.05) is 74.7 Å². The zero-order valence-corrected chi connectivity index (χ0v) is 20.5. The van der Waals surface area contributed by atoms with Crippen LogP contribution in [0, 0.1) is 20.8 Å². The van der Waals surface area contributed by atoms with Gasteiger partial charge in [0, 0.05) is 4.88 Å². The van der Waals surface area contributed by atoms with Gasteiger partial charge in [-0.25, -0.2) is 9.67 Å². The van der Waals surface area contributed by atoms with Crippen LogP contribution in [0.1, 0.15) is 33.2 Å². The van der Waals surface area contributed by atoms with Crippen LogP contribution in [-0.4, -0.2) is 25.2 Å². The Bertz CT molecular complexity index is 1550. The molecule has 1 atom stereocenters. The first kappa shape index (κ1) is 22.7. The van der Waals surface area contributed by atoms with E-state index in [4.69, 9.17) is 0 Å². The van der Waals surface area contributed by atoms with Gasteiger partial charge >= 0.3 is 0 Å². The number of rotatable bonds is 6. The molecule has 0 saturated carbocycles. The average Bonchev–Trinajstić information content (AvgIpc) is 3.50. The van der Waals surface area contributed by atoms with E-state index in [0.29, 0.717) is 11.0 Å². The molecule has 0 aliphatic heterocycles. The molecule has 0 saturated heterocycles. The number of hydrogen-bond donors (Lipinski definition) is 1. The molecule has 0 aliphatic carbocycles. The largest absolute Gasteiger partial charge is 0.343 e. The number of benzene rings is 2. The Morgan fingerprint density at radius 2 is 1.77 bits per heavy atom. The molecule has 1 N–H and O–H groups in total. The van der Waals surface area contributed by atoms with Gasteiger partial charge in [-0.05, 0) is 61.0 Å². The van der Waals surface area contributed by atoms with Crippen molar-refractivity contribution in [2.75, 3.05) is 0 Å². The molecule has 0 bridgehead atoms. The smallest absolute Gasteiger partial charge is 0.264 e. The molecule has 8 heteroatoms. The fourth-order valence-electron chi connectivity index (χ4n) is 4.22. The Labute approximate surface area is 206 Å². The van der Waals surface area contributed by atoms with Crippen LogP contribution in [-0.2, 0) is 11.3 Å². The summed E-state index contributed by atoms with van der Waals surface area (Å²) in [5.41, 5.74) is 5.35. The highest BCUT2D eigenvalue weighted by Gasteiger charge is 2.19. The highest BCUT2D eigenvalue weighted by atomic mass is 32.1. The van der Waals surface area contributed by atoms with Crippen LogP contribution < -0.4 is 10.9 Å². The maximum Gasteiger partial charge on any atom is 0.264 e. The van der Waals surface area contributed by atoms with E-state index in [9.17, 15) is 9.59 Å². The minimum Gasteiger partial charge on any atom is -0.343 e. The van der Waals surface area contributed by atoms with Gasteiger partial charge in [0.1, 0.15) is 18.3 Å². The summed E-state index contributed by atoms with van der Waals surface area (Å²) in [5.74, 6) is -0.270. The third-order valence-corrected chi connectivity index (χ3v) is 6.80. The minimum absolute atomic E-state index is 0.135. The summed E-state index contributed by atoms with van der Waals surface area (Å²) in [6.45, 7) is 5.92. The second-order valence-corrected chi connectivity index (χ2v) is 9.72. The van der Waals surface area contributed by atoms with Gasteiger partial charge in [-0.3, -0.25) is 14.2 Å². The van der Waals surface area contributed by atoms with Gasteiger partial charge < -0.3 is 5.32 Å². The molecule has 2 aromatic carbocycles. The molecule has 0 fully saturated rings. The minimum atomic E-state index is -0.302. The van der Waals surface area contributed by atoms with Crippen molar-refractivity contribution in [3.05, 3.63) is 110 Å². The molecule has 5 rings (SSSR count). The summed E-state index contributed by atoms with van der Waals surface area (Å²) < 4.78 is 2.98. The summed E-state index contributed by atoms with van der Waals surface area (Å²) in [6.07, 6.45) is 2.93. The maximum atomic E-state index is 13.2. The molecule has 1 amide bonds. The third-order valence-electron chi connectivity index (χ3n) is 5.86. The quantitative estimate of drug-likeness (QED) is 0.386. The lowest BCUT2D eigenvalue weighted by Gasteiger charge is -2.19. The van der Waals surface area contributed by atoms with Gasteiger partial charge in [0.2, 0.25) is 5.91 Å². The van der Waals surface area contributed by atoms with E-state index in [1.165, 1.54) is 17.1 Å². The van der Waals surface area contributed by atoms with Crippen molar-refractivity contribution in [3.63, 3.8) is 0 Å². The number of thiophene rings is 1. The van der Waals surface area contributed by atoms with Crippen LogP contribution >= 0.6 is 11.3 Å². The number of carbonyl (C=O) groups is 1. The van der Waals surface area contributed by atoms with Crippen LogP contribution in [0.25, 0.3) is 16.7 Å². The van der Waals surface area contributed by atoms with Gasteiger partial charge in [0.25, 0.3) is 5.56 Å². The second-order valence-electron chi connectivity index (χ2n) is 8.74. The van der Waals surface area contributed by atoms with Gasteiger partial charge in [-0.2, -0.15) is 5.10 Å². The number of nitrogens with one attached hydrogen (secondary N) is 1. The fraction of sp³-hybridized carbons (Fsp3) is 0.185. The molecule has 7 nitrogen and oxygen atoms in total. The molecule has 1 unspecified atom stereocenters. The normalized spacial score (nSPS) is 12.1. The molecule has 5 aromatic rings. The highest BCUT2D eigenvalue weighted by molar-refractivity contribution is 7.10. The molecule has 176 valence electrons. The lowest BCUT2D eigenvalue weighted by Crippen LogP contribution is -2.35. The number of hydrogen-bond acceptors (Lipinski definition) is 5. The standard InChI is InChI=1S/C27H25N5O2S/c1-17-6-8-20(9-7-17)25(23-5-4-10-35-23)30-24(33)15-31-16-28-26-22(27(31)34)14-29-32(26)21-12-18(2)11-19(3)13-21/h4-14,16,25H,15H2,1-3H3,(H,30,33). The van der Waals surface area contributed by atoms with Crippen molar-refractivity contribution in [2.45, 2.75) is 33.4 Å². The van der Waals surface area contributed by atoms with E-state index in [-0.39, 0.29) is 24.1 Å². The van der Waals surface area contributed by atoms with Crippen molar-refractivity contribution >= 4 is 28.3 Å². The Balaban J connectivity index is 1.42. The third kappa shape index (κ3) is 4.65. The molecule has 0 spiro atoms. The van der Waals surface area contributed by atoms with E-state index in [1.54, 1.807) is 16.0 Å². The summed E-state index contributed by atoms with van der Waals surface area (Å²) in [7, 11) is 0. The summed E-state index contributed by atoms with van der Waals surface area (Å²) >= 11 is 1.58. The van der Waals surface area contributed by atoms with E-state index < -0.39 is 0 Å². The Morgan fingerprint density at radius 3 is 2.46 bits per heavy atom. The van der Waals surface area contributed by atoms with Crippen LogP contribution in [0.4, 0.5) is 0 Å². The predicted molar refractivity (Wildman–Crippen MR) is 138 cm³/mol. The topological polar surface area (TPSA) is 81.8 Å². The van der Waals surface area contributed by atoms with Crippen LogP contribution in [0.5, 0.6) is 0 Å². The number of fused-ring (bicyclic) bond motifs is 1. The summed E-state index contributed by atoms with van der Waals surface area (Å²) in [5, 5.41) is 9.84. The first-order valence-corrected chi connectivity index (χ1v) is 12.2. The molecular formula is C27H25N5O2S. The highest BCUT2D eigenvalue weighted by Crippen LogP contribution is 2.26. The Hall–Kier alpha value is -4.04. The Kier molecular flexibility index (Phi) is 6.05. The summed E-state index contributed by atoms with van der Waals surface area (Å²) in [6, 6.07) is 17.8. The van der Waals surface area contributed by atoms with Crippen molar-refractivity contribution < 1.29 is 4.79 Å². The van der Waals surface area contributed by atoms with Gasteiger partial charge in [0.05, 0.1) is 17.9 Å². The maximum absolute atomic E-state index is 13.2. The zero-order valence-electron chi connectivity index (χ0n) is 19.7. The number of amides is 1. The predicted octanol–water partition coefficient (Wildman–Crippen LogP) is 4.47. The number of aryl methyl sites for hydroxylation is 3. The van der Waals surface area contributed by atoms with Gasteiger partial charge in [0.15, 0.2) is 5.65 Å². The fourth-order valence-corrected chi connectivity index (χ4v) is 5.02. The molecule has 3 aromatic heterocycles. The number of aromatic nitrogens is 4. The average molecular weight is 484 g/mol. The first-order chi connectivity index (χ1) is 16.9. The van der Waals surface area contributed by atoms with Crippen molar-refractivity contribution in [1.29, 1.82) is 0 Å². The summed E-state index contributed by atoms with van der Waals surface area (Å²) in [4.78, 5) is 31.7. The number of nitrogens with zero attached hydrogens (tertiary/aromatic N) is 4. The SMILES string of the molecule is Cc1ccc(C(NC(=O)Cn2cnc3c(cnn3-c3cc(C)cc(C)c3)c2=O)c2cccs2)cc1. The lowest BCUT2D eigenvalue weighted by molar-refractivity contribution is -0.122. The van der Waals surface area contributed by atoms with E-state index >= 15 is 0 Å². The van der Waals surface area contributed by atoms with Crippen molar-refractivity contribution in [2.24, 2.45) is 0 Å². The van der Waals surface area contributed by atoms with E-state index in [2.05, 4.69) is 21.5 Å². The second kappa shape index (κ2) is 9.31. The van der Waals surface area contributed by atoms with E-state index in [0.717, 1.165) is 32.8 Å². The molecule has 0 aliphatic rings. The van der Waals surface area contributed by atoms with Crippen LogP contribution in [0.2, 0.25) is 0 Å². The van der Waals surface area contributed by atoms with Crippen molar-refractivity contribution in [1.82, 2.24) is 24.6 Å². The Morgan fingerprint density at radius 1 is 1.03 bits per heavy atom. The molecule has 3 heterocycles. The monoisotopic (exact) mass is 483 g/mol.